The summed E-state index contributed by atoms with van der Waals surface area (Å²) in [7, 11) is 0. The molecular weight excluding hydrogens is 236 g/mol. The van der Waals surface area contributed by atoms with Crippen LogP contribution in [0.3, 0.4) is 0 Å². The average molecular weight is 256 g/mol. The Labute approximate surface area is 107 Å². The van der Waals surface area contributed by atoms with Gasteiger partial charge in [-0.15, -0.1) is 0 Å². The van der Waals surface area contributed by atoms with E-state index in [2.05, 4.69) is 0 Å². The molecule has 0 amide bonds. The van der Waals surface area contributed by atoms with Gasteiger partial charge in [0.2, 0.25) is 11.9 Å². The van der Waals surface area contributed by atoms with Crippen LogP contribution in [0.5, 0.6) is 0 Å². The summed E-state index contributed by atoms with van der Waals surface area (Å²) in [5.41, 5.74) is 0.269. The topological polar surface area (TPSA) is 86.3 Å². The molecule has 6 nitrogen and oxygen atoms in total. The van der Waals surface area contributed by atoms with E-state index in [-0.39, 0.29) is 16.5 Å². The summed E-state index contributed by atoms with van der Waals surface area (Å²) < 4.78 is 0. The van der Waals surface area contributed by atoms with Crippen molar-refractivity contribution in [3.05, 3.63) is 44.3 Å². The molecule has 0 heterocycles. The second kappa shape index (κ2) is 9.32. The first kappa shape index (κ1) is 16.3. The molecule has 0 bridgehead atoms. The van der Waals surface area contributed by atoms with Crippen LogP contribution in [0.4, 0.5) is 0 Å². The van der Waals surface area contributed by atoms with Crippen molar-refractivity contribution < 1.29 is 9.85 Å². The van der Waals surface area contributed by atoms with Gasteiger partial charge in [-0.05, 0) is 37.3 Å². The zero-order valence-electron chi connectivity index (χ0n) is 10.9. The monoisotopic (exact) mass is 256 g/mol. The van der Waals surface area contributed by atoms with Gasteiger partial charge in [0.25, 0.3) is 0 Å². The first-order valence-corrected chi connectivity index (χ1v) is 6.08. The Kier molecular flexibility index (Phi) is 8.43. The lowest BCUT2D eigenvalue weighted by Gasteiger charge is -2.00. The maximum atomic E-state index is 10.7. The average Bonchev–Trinajstić information content (AvgIpc) is 2.25. The zero-order chi connectivity index (χ0) is 14.0. The molecule has 102 valence electrons. The Bertz CT molecular complexity index is 335. The zero-order valence-corrected chi connectivity index (χ0v) is 10.9. The molecule has 0 aliphatic heterocycles. The van der Waals surface area contributed by atoms with E-state index in [0.717, 1.165) is 25.5 Å². The van der Waals surface area contributed by atoms with E-state index in [9.17, 15) is 20.2 Å². The van der Waals surface area contributed by atoms with Gasteiger partial charge in [-0.2, -0.15) is 0 Å². The van der Waals surface area contributed by atoms with Crippen LogP contribution in [-0.4, -0.2) is 9.85 Å². The molecule has 0 aliphatic carbocycles. The van der Waals surface area contributed by atoms with Crippen molar-refractivity contribution in [1.29, 1.82) is 0 Å². The second-order valence-electron chi connectivity index (χ2n) is 4.43. The number of unbranched alkanes of at least 4 members (excludes halogenated alkanes) is 3. The van der Waals surface area contributed by atoms with Crippen LogP contribution in [0.2, 0.25) is 0 Å². The van der Waals surface area contributed by atoms with Crippen molar-refractivity contribution in [2.45, 2.75) is 46.0 Å². The fraction of sp³-hybridized carbons (Fsp3) is 0.667. The van der Waals surface area contributed by atoms with Gasteiger partial charge in [0.15, 0.2) is 0 Å². The Balaban J connectivity index is 3.82. The molecule has 0 aromatic carbocycles. The summed E-state index contributed by atoms with van der Waals surface area (Å²) in [6, 6.07) is 0. The SMILES string of the molecule is CC(C)C=C(CCCCCC=C[N+](=O)[O-])[N+](=O)[O-]. The second-order valence-corrected chi connectivity index (χ2v) is 4.43. The highest BCUT2D eigenvalue weighted by molar-refractivity contribution is 4.93. The number of nitrogens with zero attached hydrogens (tertiary/aromatic N) is 2. The molecule has 0 aromatic rings. The van der Waals surface area contributed by atoms with Gasteiger partial charge in [-0.1, -0.05) is 20.3 Å². The summed E-state index contributed by atoms with van der Waals surface area (Å²) in [5.74, 6) is 0.174. The Morgan fingerprint density at radius 1 is 1.17 bits per heavy atom. The predicted octanol–water partition coefficient (Wildman–Crippen LogP) is 3.54. The van der Waals surface area contributed by atoms with Crippen LogP contribution < -0.4 is 0 Å². The molecule has 6 heteroatoms. The Hall–Kier alpha value is -1.72. The molecular formula is C12H20N2O4. The van der Waals surface area contributed by atoms with Crippen molar-refractivity contribution >= 4 is 0 Å². The van der Waals surface area contributed by atoms with Gasteiger partial charge < -0.3 is 0 Å². The van der Waals surface area contributed by atoms with E-state index in [0.29, 0.717) is 12.8 Å². The summed E-state index contributed by atoms with van der Waals surface area (Å²) in [6.07, 6.45) is 7.62. The lowest BCUT2D eigenvalue weighted by molar-refractivity contribution is -0.428. The summed E-state index contributed by atoms with van der Waals surface area (Å²) in [6.45, 7) is 3.82. The van der Waals surface area contributed by atoms with Crippen LogP contribution >= 0.6 is 0 Å². The standard InChI is InChI=1S/C12H20N2O4/c1-11(2)10-12(14(17)18)8-6-4-3-5-7-9-13(15)16/h7,9-11H,3-6,8H2,1-2H3. The summed E-state index contributed by atoms with van der Waals surface area (Å²) >= 11 is 0. The van der Waals surface area contributed by atoms with Crippen LogP contribution in [0.25, 0.3) is 0 Å². The molecule has 0 saturated heterocycles. The van der Waals surface area contributed by atoms with E-state index < -0.39 is 4.92 Å². The third-order valence-corrected chi connectivity index (χ3v) is 2.29. The van der Waals surface area contributed by atoms with Gasteiger partial charge in [-0.25, -0.2) is 0 Å². The lowest BCUT2D eigenvalue weighted by Crippen LogP contribution is -2.00. The molecule has 0 radical (unpaired) electrons. The normalized spacial score (nSPS) is 12.3. The summed E-state index contributed by atoms with van der Waals surface area (Å²) in [4.78, 5) is 19.9. The molecule has 0 rings (SSSR count). The van der Waals surface area contributed by atoms with Gasteiger partial charge in [-0.3, -0.25) is 20.2 Å². The van der Waals surface area contributed by atoms with Crippen LogP contribution in [-0.2, 0) is 0 Å². The minimum atomic E-state index is -0.490. The van der Waals surface area contributed by atoms with Gasteiger partial charge in [0.05, 0.1) is 9.85 Å². The molecule has 0 fully saturated rings. The van der Waals surface area contributed by atoms with Crippen molar-refractivity contribution in [3.63, 3.8) is 0 Å². The Morgan fingerprint density at radius 3 is 2.33 bits per heavy atom. The number of nitro groups is 2. The fourth-order valence-electron chi connectivity index (χ4n) is 1.53. The van der Waals surface area contributed by atoms with Gasteiger partial charge in [0, 0.05) is 6.42 Å². The van der Waals surface area contributed by atoms with E-state index in [1.807, 2.05) is 13.8 Å². The largest absolute Gasteiger partial charge is 0.259 e. The number of allylic oxidation sites excluding steroid dienone is 3. The highest BCUT2D eigenvalue weighted by Gasteiger charge is 2.10. The van der Waals surface area contributed by atoms with E-state index in [1.54, 1.807) is 6.08 Å². The first-order valence-electron chi connectivity index (χ1n) is 6.08. The Morgan fingerprint density at radius 2 is 1.83 bits per heavy atom. The number of rotatable bonds is 9. The fourth-order valence-corrected chi connectivity index (χ4v) is 1.53. The van der Waals surface area contributed by atoms with E-state index in [1.165, 1.54) is 6.08 Å². The van der Waals surface area contributed by atoms with Crippen LogP contribution in [0.15, 0.2) is 24.0 Å². The molecule has 0 atom stereocenters. The smallest absolute Gasteiger partial charge is 0.242 e. The first-order chi connectivity index (χ1) is 8.43. The highest BCUT2D eigenvalue weighted by Crippen LogP contribution is 2.13. The molecule has 18 heavy (non-hydrogen) atoms. The van der Waals surface area contributed by atoms with Crippen molar-refractivity contribution in [2.24, 2.45) is 5.92 Å². The van der Waals surface area contributed by atoms with Crippen LogP contribution in [0.1, 0.15) is 46.0 Å². The third-order valence-electron chi connectivity index (χ3n) is 2.29. The molecule has 0 N–H and O–H groups in total. The molecule has 0 unspecified atom stereocenters. The lowest BCUT2D eigenvalue weighted by atomic mass is 10.1. The maximum absolute atomic E-state index is 10.7. The van der Waals surface area contributed by atoms with Crippen molar-refractivity contribution in [3.8, 4) is 0 Å². The highest BCUT2D eigenvalue weighted by atomic mass is 16.6. The molecule has 0 saturated carbocycles. The minimum absolute atomic E-state index is 0.174. The molecule has 0 spiro atoms. The number of hydrogen-bond donors (Lipinski definition) is 0. The quantitative estimate of drug-likeness (QED) is 0.358. The van der Waals surface area contributed by atoms with Crippen molar-refractivity contribution in [1.82, 2.24) is 0 Å². The van der Waals surface area contributed by atoms with Crippen molar-refractivity contribution in [2.75, 3.05) is 0 Å². The predicted molar refractivity (Wildman–Crippen MR) is 69.1 cm³/mol. The van der Waals surface area contributed by atoms with Gasteiger partial charge in [0.1, 0.15) is 0 Å². The maximum Gasteiger partial charge on any atom is 0.242 e. The third kappa shape index (κ3) is 9.50. The number of hydrogen-bond acceptors (Lipinski definition) is 4. The molecule has 0 aromatic heterocycles. The van der Waals surface area contributed by atoms with E-state index in [4.69, 9.17) is 0 Å². The summed E-state index contributed by atoms with van der Waals surface area (Å²) in [5, 5.41) is 20.7. The molecule has 0 aliphatic rings. The van der Waals surface area contributed by atoms with E-state index >= 15 is 0 Å². The van der Waals surface area contributed by atoms with Crippen LogP contribution in [0, 0.1) is 26.1 Å². The minimum Gasteiger partial charge on any atom is -0.259 e. The van der Waals surface area contributed by atoms with Gasteiger partial charge >= 0.3 is 0 Å².